The van der Waals surface area contributed by atoms with Gasteiger partial charge in [-0.2, -0.15) is 0 Å². The van der Waals surface area contributed by atoms with Gasteiger partial charge in [0.15, 0.2) is 5.65 Å². The van der Waals surface area contributed by atoms with Gasteiger partial charge >= 0.3 is 0 Å². The summed E-state index contributed by atoms with van der Waals surface area (Å²) in [4.78, 5) is 24.8. The Hall–Kier alpha value is -4.33. The Morgan fingerprint density at radius 2 is 1.78 bits per heavy atom. The highest BCUT2D eigenvalue weighted by Crippen LogP contribution is 2.23. The Balaban J connectivity index is 1.58. The van der Waals surface area contributed by atoms with Gasteiger partial charge in [0, 0.05) is 43.3 Å². The minimum Gasteiger partial charge on any atom is -0.327 e. The average molecular weight is 486 g/mol. The van der Waals surface area contributed by atoms with Gasteiger partial charge in [-0.15, -0.1) is 0 Å². The zero-order chi connectivity index (χ0) is 25.1. The van der Waals surface area contributed by atoms with Gasteiger partial charge in [0.2, 0.25) is 0 Å². The van der Waals surface area contributed by atoms with Crippen LogP contribution in [0.15, 0.2) is 85.3 Å². The van der Waals surface area contributed by atoms with Crippen molar-refractivity contribution in [3.63, 3.8) is 0 Å². The van der Waals surface area contributed by atoms with Gasteiger partial charge in [0.25, 0.3) is 5.91 Å². The van der Waals surface area contributed by atoms with Crippen molar-refractivity contribution in [2.24, 2.45) is 0 Å². The predicted molar refractivity (Wildman–Crippen MR) is 134 cm³/mol. The molecule has 5 rings (SSSR count). The number of pyridine rings is 1. The number of imidazole rings is 1. The number of hydrogen-bond acceptors (Lipinski definition) is 3. The minimum atomic E-state index is -0.699. The summed E-state index contributed by atoms with van der Waals surface area (Å²) in [5.41, 5.74) is 2.87. The van der Waals surface area contributed by atoms with Gasteiger partial charge < -0.3 is 14.0 Å². The molecular formula is C28H25F2N5O. The predicted octanol–water partition coefficient (Wildman–Crippen LogP) is 5.75. The molecule has 3 heterocycles. The lowest BCUT2D eigenvalue weighted by Crippen LogP contribution is -2.32. The standard InChI is InChI=1S/C28H25F2N5O/c1-2-14-35-26(32-24-9-7-13-31-27(24)35)19-34(18-20-11-12-21(29)17-23(20)30)28(36)22-8-3-4-10-25(22)33-15-5-6-16-33/h3-13,15-17H,2,14,18-19H2,1H3. The summed E-state index contributed by atoms with van der Waals surface area (Å²) in [6, 6.07) is 18.1. The van der Waals surface area contributed by atoms with Crippen LogP contribution in [0.4, 0.5) is 8.78 Å². The second-order valence-electron chi connectivity index (χ2n) is 8.53. The van der Waals surface area contributed by atoms with Crippen molar-refractivity contribution in [3.05, 3.63) is 114 Å². The molecule has 1 amide bonds. The van der Waals surface area contributed by atoms with Crippen LogP contribution in [0.5, 0.6) is 0 Å². The third-order valence-corrected chi connectivity index (χ3v) is 6.04. The van der Waals surface area contributed by atoms with Crippen molar-refractivity contribution < 1.29 is 13.6 Å². The number of para-hydroxylation sites is 1. The molecule has 6 nitrogen and oxygen atoms in total. The zero-order valence-electron chi connectivity index (χ0n) is 19.8. The van der Waals surface area contributed by atoms with E-state index in [2.05, 4.69) is 11.9 Å². The lowest BCUT2D eigenvalue weighted by Gasteiger charge is -2.24. The van der Waals surface area contributed by atoms with Gasteiger partial charge in [-0.3, -0.25) is 4.79 Å². The summed E-state index contributed by atoms with van der Waals surface area (Å²) >= 11 is 0. The maximum atomic E-state index is 14.7. The number of nitrogens with zero attached hydrogens (tertiary/aromatic N) is 5. The third kappa shape index (κ3) is 4.62. The molecule has 0 saturated heterocycles. The maximum absolute atomic E-state index is 14.7. The summed E-state index contributed by atoms with van der Waals surface area (Å²) in [6.07, 6.45) is 6.29. The van der Waals surface area contributed by atoms with Crippen molar-refractivity contribution in [1.29, 1.82) is 0 Å². The molecule has 5 aromatic rings. The summed E-state index contributed by atoms with van der Waals surface area (Å²) in [5, 5.41) is 0. The first-order valence-corrected chi connectivity index (χ1v) is 11.8. The van der Waals surface area contributed by atoms with Crippen molar-refractivity contribution in [2.45, 2.75) is 33.0 Å². The van der Waals surface area contributed by atoms with E-state index in [0.29, 0.717) is 23.6 Å². The first-order valence-electron chi connectivity index (χ1n) is 11.8. The molecule has 3 aromatic heterocycles. The maximum Gasteiger partial charge on any atom is 0.256 e. The molecule has 0 unspecified atom stereocenters. The monoisotopic (exact) mass is 485 g/mol. The van der Waals surface area contributed by atoms with Crippen molar-refractivity contribution in [1.82, 2.24) is 24.0 Å². The lowest BCUT2D eigenvalue weighted by atomic mass is 10.1. The number of carbonyl (C=O) groups is 1. The number of halogens is 2. The van der Waals surface area contributed by atoms with Crippen LogP contribution in [0.1, 0.15) is 35.1 Å². The van der Waals surface area contributed by atoms with Crippen LogP contribution in [0.25, 0.3) is 16.9 Å². The van der Waals surface area contributed by atoms with E-state index in [1.165, 1.54) is 12.1 Å². The third-order valence-electron chi connectivity index (χ3n) is 6.04. The fraction of sp³-hybridized carbons (Fsp3) is 0.179. The number of rotatable bonds is 8. The highest BCUT2D eigenvalue weighted by molar-refractivity contribution is 5.97. The SMILES string of the molecule is CCCn1c(CN(Cc2ccc(F)cc2F)C(=O)c2ccccc2-n2cccc2)nc2cccnc21. The number of fused-ring (bicyclic) bond motifs is 1. The van der Waals surface area contributed by atoms with Gasteiger partial charge in [-0.25, -0.2) is 18.7 Å². The van der Waals surface area contributed by atoms with Gasteiger partial charge in [-0.05, 0) is 48.9 Å². The van der Waals surface area contributed by atoms with E-state index >= 15 is 0 Å². The van der Waals surface area contributed by atoms with E-state index in [1.54, 1.807) is 23.2 Å². The number of benzene rings is 2. The molecule has 182 valence electrons. The molecule has 0 aliphatic heterocycles. The van der Waals surface area contributed by atoms with Crippen molar-refractivity contribution in [3.8, 4) is 5.69 Å². The highest BCUT2D eigenvalue weighted by atomic mass is 19.1. The largest absolute Gasteiger partial charge is 0.327 e. The first kappa shape index (κ1) is 23.4. The lowest BCUT2D eigenvalue weighted by molar-refractivity contribution is 0.0722. The molecule has 0 aliphatic carbocycles. The molecule has 0 N–H and O–H groups in total. The second-order valence-corrected chi connectivity index (χ2v) is 8.53. The summed E-state index contributed by atoms with van der Waals surface area (Å²) < 4.78 is 32.1. The Bertz CT molecular complexity index is 1510. The Morgan fingerprint density at radius 1 is 0.972 bits per heavy atom. The van der Waals surface area contributed by atoms with Crippen molar-refractivity contribution in [2.75, 3.05) is 0 Å². The second kappa shape index (κ2) is 10.1. The molecule has 0 fully saturated rings. The van der Waals surface area contributed by atoms with Crippen LogP contribution >= 0.6 is 0 Å². The number of amides is 1. The number of aryl methyl sites for hydroxylation is 1. The first-order chi connectivity index (χ1) is 17.5. The molecule has 0 atom stereocenters. The van der Waals surface area contributed by atoms with E-state index in [9.17, 15) is 13.6 Å². The van der Waals surface area contributed by atoms with Gasteiger partial charge in [0.05, 0.1) is 17.8 Å². The fourth-order valence-electron chi connectivity index (χ4n) is 4.36. The molecule has 0 saturated carbocycles. The van der Waals surface area contributed by atoms with Gasteiger partial charge in [-0.1, -0.05) is 25.1 Å². The average Bonchev–Trinajstić information content (AvgIpc) is 3.54. The summed E-state index contributed by atoms with van der Waals surface area (Å²) in [5.74, 6) is -0.996. The van der Waals surface area contributed by atoms with E-state index in [-0.39, 0.29) is 24.6 Å². The molecule has 8 heteroatoms. The Morgan fingerprint density at radius 3 is 2.56 bits per heavy atom. The van der Waals surface area contributed by atoms with E-state index < -0.39 is 11.6 Å². The zero-order valence-corrected chi connectivity index (χ0v) is 19.8. The van der Waals surface area contributed by atoms with Crippen LogP contribution < -0.4 is 0 Å². The molecular weight excluding hydrogens is 460 g/mol. The number of aromatic nitrogens is 4. The Kier molecular flexibility index (Phi) is 6.58. The molecule has 2 aromatic carbocycles. The number of carbonyl (C=O) groups excluding carboxylic acids is 1. The van der Waals surface area contributed by atoms with Crippen molar-refractivity contribution >= 4 is 17.1 Å². The van der Waals surface area contributed by atoms with Crippen LogP contribution in [-0.4, -0.2) is 29.9 Å². The number of hydrogen-bond donors (Lipinski definition) is 0. The quantitative estimate of drug-likeness (QED) is 0.281. The highest BCUT2D eigenvalue weighted by Gasteiger charge is 2.24. The molecule has 36 heavy (non-hydrogen) atoms. The Labute approximate surface area is 207 Å². The molecule has 0 bridgehead atoms. The molecule has 0 spiro atoms. The van der Waals surface area contributed by atoms with Crippen LogP contribution in [0.2, 0.25) is 0 Å². The van der Waals surface area contributed by atoms with Crippen LogP contribution in [0.3, 0.4) is 0 Å². The normalized spacial score (nSPS) is 11.2. The minimum absolute atomic E-state index is 0.0479. The topological polar surface area (TPSA) is 56.0 Å². The van der Waals surface area contributed by atoms with E-state index in [0.717, 1.165) is 23.7 Å². The summed E-state index contributed by atoms with van der Waals surface area (Å²) in [7, 11) is 0. The summed E-state index contributed by atoms with van der Waals surface area (Å²) in [6.45, 7) is 2.82. The molecule has 0 radical (unpaired) electrons. The fourth-order valence-corrected chi connectivity index (χ4v) is 4.36. The van der Waals surface area contributed by atoms with E-state index in [4.69, 9.17) is 4.98 Å². The van der Waals surface area contributed by atoms with E-state index in [1.807, 2.05) is 57.9 Å². The van der Waals surface area contributed by atoms with Gasteiger partial charge in [0.1, 0.15) is 23.0 Å². The smallest absolute Gasteiger partial charge is 0.256 e. The van der Waals surface area contributed by atoms with Crippen LogP contribution in [-0.2, 0) is 19.6 Å². The molecule has 0 aliphatic rings. The van der Waals surface area contributed by atoms with Crippen LogP contribution in [0, 0.1) is 11.6 Å².